The Hall–Kier alpha value is -1.36. The van der Waals surface area contributed by atoms with Gasteiger partial charge in [0.05, 0.1) is 12.1 Å². The molecule has 1 saturated heterocycles. The van der Waals surface area contributed by atoms with E-state index < -0.39 is 0 Å². The lowest BCUT2D eigenvalue weighted by Gasteiger charge is -2.39. The fourth-order valence-electron chi connectivity index (χ4n) is 3.98. The topological polar surface area (TPSA) is 59.0 Å². The van der Waals surface area contributed by atoms with Gasteiger partial charge in [0.1, 0.15) is 0 Å². The molecule has 1 aliphatic heterocycles. The molecule has 2 fully saturated rings. The lowest BCUT2D eigenvalue weighted by molar-refractivity contribution is -0.126. The van der Waals surface area contributed by atoms with Crippen LogP contribution in [-0.2, 0) is 11.8 Å². The second kappa shape index (κ2) is 6.03. The molecule has 22 heavy (non-hydrogen) atoms. The van der Waals surface area contributed by atoms with E-state index in [9.17, 15) is 4.79 Å². The molecule has 3 rings (SSSR count). The summed E-state index contributed by atoms with van der Waals surface area (Å²) in [5, 5.41) is 11.0. The van der Waals surface area contributed by atoms with Gasteiger partial charge in [0.2, 0.25) is 5.91 Å². The standard InChI is InChI=1S/C17H28N4O/c1-17(2)7-5-4-6-15(17)20-16(22)14-10-18-9-13(14)12-8-19-21(3)11-12/h8,11,13-15,18H,4-7,9-10H2,1-3H3,(H,20,22)/t13-,14+,15?/m1/s1. The minimum Gasteiger partial charge on any atom is -0.353 e. The van der Waals surface area contributed by atoms with Crippen molar-refractivity contribution in [2.75, 3.05) is 13.1 Å². The van der Waals surface area contributed by atoms with E-state index in [2.05, 4.69) is 29.6 Å². The average Bonchev–Trinajstić information content (AvgIpc) is 3.09. The van der Waals surface area contributed by atoms with E-state index in [1.807, 2.05) is 24.1 Å². The summed E-state index contributed by atoms with van der Waals surface area (Å²) >= 11 is 0. The van der Waals surface area contributed by atoms with Crippen LogP contribution in [0.4, 0.5) is 0 Å². The van der Waals surface area contributed by atoms with Crippen molar-refractivity contribution < 1.29 is 4.79 Å². The number of aromatic nitrogens is 2. The first-order valence-corrected chi connectivity index (χ1v) is 8.47. The summed E-state index contributed by atoms with van der Waals surface area (Å²) in [6.45, 7) is 6.18. The van der Waals surface area contributed by atoms with Crippen LogP contribution in [0, 0.1) is 11.3 Å². The molecule has 1 aromatic heterocycles. The maximum atomic E-state index is 12.8. The van der Waals surface area contributed by atoms with Gasteiger partial charge in [-0.1, -0.05) is 26.7 Å². The number of rotatable bonds is 3. The molecule has 5 heteroatoms. The molecule has 2 N–H and O–H groups in total. The highest BCUT2D eigenvalue weighted by Gasteiger charge is 2.38. The van der Waals surface area contributed by atoms with Gasteiger partial charge in [-0.3, -0.25) is 9.48 Å². The first kappa shape index (κ1) is 15.5. The quantitative estimate of drug-likeness (QED) is 0.895. The van der Waals surface area contributed by atoms with Crippen LogP contribution in [0.15, 0.2) is 12.4 Å². The Balaban J connectivity index is 1.68. The molecular formula is C17H28N4O. The molecule has 122 valence electrons. The summed E-state index contributed by atoms with van der Waals surface area (Å²) in [7, 11) is 1.92. The molecule has 1 amide bonds. The van der Waals surface area contributed by atoms with Crippen LogP contribution in [-0.4, -0.2) is 34.8 Å². The van der Waals surface area contributed by atoms with E-state index in [4.69, 9.17) is 0 Å². The third-order valence-corrected chi connectivity index (χ3v) is 5.53. The van der Waals surface area contributed by atoms with Gasteiger partial charge in [-0.15, -0.1) is 0 Å². The van der Waals surface area contributed by atoms with Crippen LogP contribution in [0.2, 0.25) is 0 Å². The normalized spacial score (nSPS) is 31.1. The summed E-state index contributed by atoms with van der Waals surface area (Å²) in [6.07, 6.45) is 8.74. The second-order valence-corrected chi connectivity index (χ2v) is 7.61. The molecule has 0 spiro atoms. The highest BCUT2D eigenvalue weighted by atomic mass is 16.2. The van der Waals surface area contributed by atoms with Crippen molar-refractivity contribution in [2.45, 2.75) is 51.5 Å². The number of aryl methyl sites for hydroxylation is 1. The van der Waals surface area contributed by atoms with Crippen molar-refractivity contribution in [3.8, 4) is 0 Å². The zero-order valence-electron chi connectivity index (χ0n) is 13.9. The summed E-state index contributed by atoms with van der Waals surface area (Å²) in [5.74, 6) is 0.459. The number of amides is 1. The molecule has 2 aliphatic rings. The van der Waals surface area contributed by atoms with E-state index in [1.165, 1.54) is 19.3 Å². The Morgan fingerprint density at radius 2 is 2.23 bits per heavy atom. The van der Waals surface area contributed by atoms with Gasteiger partial charge in [-0.2, -0.15) is 5.10 Å². The highest BCUT2D eigenvalue weighted by Crippen LogP contribution is 2.36. The Bertz CT molecular complexity index is 537. The lowest BCUT2D eigenvalue weighted by Crippen LogP contribution is -2.49. The second-order valence-electron chi connectivity index (χ2n) is 7.61. The van der Waals surface area contributed by atoms with E-state index >= 15 is 0 Å². The number of nitrogens with zero attached hydrogens (tertiary/aromatic N) is 2. The molecule has 0 aromatic carbocycles. The summed E-state index contributed by atoms with van der Waals surface area (Å²) < 4.78 is 1.81. The molecule has 1 aromatic rings. The third kappa shape index (κ3) is 3.05. The molecule has 1 aliphatic carbocycles. The third-order valence-electron chi connectivity index (χ3n) is 5.53. The van der Waals surface area contributed by atoms with Crippen LogP contribution < -0.4 is 10.6 Å². The summed E-state index contributed by atoms with van der Waals surface area (Å²) in [6, 6.07) is 0.309. The van der Waals surface area contributed by atoms with Crippen molar-refractivity contribution in [3.05, 3.63) is 18.0 Å². The van der Waals surface area contributed by atoms with Crippen LogP contribution in [0.25, 0.3) is 0 Å². The summed E-state index contributed by atoms with van der Waals surface area (Å²) in [5.41, 5.74) is 1.37. The van der Waals surface area contributed by atoms with Crippen LogP contribution in [0.5, 0.6) is 0 Å². The lowest BCUT2D eigenvalue weighted by atomic mass is 9.73. The molecule has 1 unspecified atom stereocenters. The van der Waals surface area contributed by atoms with Gasteiger partial charge in [-0.25, -0.2) is 0 Å². The predicted molar refractivity (Wildman–Crippen MR) is 86.5 cm³/mol. The first-order valence-electron chi connectivity index (χ1n) is 8.47. The molecular weight excluding hydrogens is 276 g/mol. The van der Waals surface area contributed by atoms with Gasteiger partial charge in [0.15, 0.2) is 0 Å². The Kier molecular flexibility index (Phi) is 4.26. The Labute approximate surface area is 132 Å². The van der Waals surface area contributed by atoms with Crippen molar-refractivity contribution in [2.24, 2.45) is 18.4 Å². The van der Waals surface area contributed by atoms with E-state index in [1.54, 1.807) is 0 Å². The maximum Gasteiger partial charge on any atom is 0.225 e. The van der Waals surface area contributed by atoms with E-state index in [0.29, 0.717) is 6.04 Å². The molecule has 0 bridgehead atoms. The molecule has 3 atom stereocenters. The molecule has 1 saturated carbocycles. The SMILES string of the molecule is Cn1cc([C@H]2CNC[C@@H]2C(=O)NC2CCCCC2(C)C)cn1. The van der Waals surface area contributed by atoms with E-state index in [-0.39, 0.29) is 23.2 Å². The van der Waals surface area contributed by atoms with Crippen LogP contribution >= 0.6 is 0 Å². The van der Waals surface area contributed by atoms with Crippen LogP contribution in [0.3, 0.4) is 0 Å². The molecule has 2 heterocycles. The van der Waals surface area contributed by atoms with Gasteiger partial charge in [0, 0.05) is 38.3 Å². The largest absolute Gasteiger partial charge is 0.353 e. The van der Waals surface area contributed by atoms with Crippen molar-refractivity contribution in [3.63, 3.8) is 0 Å². The Morgan fingerprint density at radius 3 is 2.91 bits per heavy atom. The minimum absolute atomic E-state index is 0.0157. The summed E-state index contributed by atoms with van der Waals surface area (Å²) in [4.78, 5) is 12.8. The van der Waals surface area contributed by atoms with E-state index in [0.717, 1.165) is 25.1 Å². The number of hydrogen-bond donors (Lipinski definition) is 2. The molecule has 0 radical (unpaired) electrons. The zero-order valence-corrected chi connectivity index (χ0v) is 13.9. The van der Waals surface area contributed by atoms with Gasteiger partial charge < -0.3 is 10.6 Å². The fourth-order valence-corrected chi connectivity index (χ4v) is 3.98. The maximum absolute atomic E-state index is 12.8. The van der Waals surface area contributed by atoms with Crippen molar-refractivity contribution in [1.29, 1.82) is 0 Å². The smallest absolute Gasteiger partial charge is 0.225 e. The van der Waals surface area contributed by atoms with Gasteiger partial charge >= 0.3 is 0 Å². The van der Waals surface area contributed by atoms with Crippen molar-refractivity contribution in [1.82, 2.24) is 20.4 Å². The van der Waals surface area contributed by atoms with Crippen LogP contribution in [0.1, 0.15) is 51.0 Å². The molecule has 5 nitrogen and oxygen atoms in total. The number of nitrogens with one attached hydrogen (secondary N) is 2. The van der Waals surface area contributed by atoms with Gasteiger partial charge in [-0.05, 0) is 23.8 Å². The number of hydrogen-bond acceptors (Lipinski definition) is 3. The Morgan fingerprint density at radius 1 is 1.41 bits per heavy atom. The highest BCUT2D eigenvalue weighted by molar-refractivity contribution is 5.80. The average molecular weight is 304 g/mol. The number of carbonyl (C=O) groups excluding carboxylic acids is 1. The number of carbonyl (C=O) groups is 1. The van der Waals surface area contributed by atoms with Gasteiger partial charge in [0.25, 0.3) is 0 Å². The van der Waals surface area contributed by atoms with Crippen molar-refractivity contribution >= 4 is 5.91 Å². The monoisotopic (exact) mass is 304 g/mol. The first-order chi connectivity index (χ1) is 10.5. The zero-order chi connectivity index (χ0) is 15.7. The fraction of sp³-hybridized carbons (Fsp3) is 0.765. The minimum atomic E-state index is 0.0157. The predicted octanol–water partition coefficient (Wildman–Crippen LogP) is 1.81.